The van der Waals surface area contributed by atoms with E-state index < -0.39 is 0 Å². The molecule has 0 aliphatic heterocycles. The van der Waals surface area contributed by atoms with E-state index in [9.17, 15) is 9.18 Å². The fourth-order valence-electron chi connectivity index (χ4n) is 1.60. The number of carbonyl (C=O) groups excluding carboxylic acids is 1. The Kier molecular flexibility index (Phi) is 5.57. The second kappa shape index (κ2) is 7.64. The molecule has 0 spiro atoms. The van der Waals surface area contributed by atoms with Gasteiger partial charge in [-0.3, -0.25) is 0 Å². The third-order valence-electron chi connectivity index (χ3n) is 2.55. The molecule has 110 valence electrons. The minimum atomic E-state index is -0.353. The summed E-state index contributed by atoms with van der Waals surface area (Å²) in [7, 11) is 0. The molecule has 0 aliphatic carbocycles. The summed E-state index contributed by atoms with van der Waals surface area (Å²) in [6.07, 6.45) is 0. The predicted molar refractivity (Wildman–Crippen MR) is 83.1 cm³/mol. The van der Waals surface area contributed by atoms with Crippen LogP contribution in [0.4, 0.5) is 14.9 Å². The molecule has 6 heteroatoms. The quantitative estimate of drug-likeness (QED) is 0.804. The van der Waals surface area contributed by atoms with Gasteiger partial charge in [0.15, 0.2) is 0 Å². The zero-order chi connectivity index (χ0) is 15.1. The zero-order valence-electron chi connectivity index (χ0n) is 11.1. The van der Waals surface area contributed by atoms with Crippen molar-refractivity contribution >= 4 is 27.6 Å². The number of urea groups is 1. The van der Waals surface area contributed by atoms with Crippen molar-refractivity contribution in [3.05, 3.63) is 58.8 Å². The first-order valence-electron chi connectivity index (χ1n) is 6.32. The molecule has 0 aromatic heterocycles. The lowest BCUT2D eigenvalue weighted by molar-refractivity contribution is 0.247. The second-order valence-electron chi connectivity index (χ2n) is 4.19. The van der Waals surface area contributed by atoms with Crippen LogP contribution < -0.4 is 15.4 Å². The zero-order valence-corrected chi connectivity index (χ0v) is 12.7. The molecule has 0 bridgehead atoms. The largest absolute Gasteiger partial charge is 0.492 e. The molecule has 0 saturated carbocycles. The van der Waals surface area contributed by atoms with Crippen LogP contribution in [0.15, 0.2) is 53.0 Å². The van der Waals surface area contributed by atoms with E-state index in [2.05, 4.69) is 26.6 Å². The second-order valence-corrected chi connectivity index (χ2v) is 5.11. The standard InChI is InChI=1S/C15H14BrFN2O2/c16-11-4-6-13(7-5-11)19-15(20)18-8-9-21-14-3-1-2-12(17)10-14/h1-7,10H,8-9H2,(H2,18,19,20). The lowest BCUT2D eigenvalue weighted by Crippen LogP contribution is -2.32. The molecule has 2 rings (SSSR count). The average Bonchev–Trinajstić information content (AvgIpc) is 2.46. The number of anilines is 1. The van der Waals surface area contributed by atoms with E-state index in [0.717, 1.165) is 4.47 Å². The van der Waals surface area contributed by atoms with Crippen molar-refractivity contribution in [2.45, 2.75) is 0 Å². The molecule has 0 unspecified atom stereocenters. The third kappa shape index (κ3) is 5.43. The molecule has 2 N–H and O–H groups in total. The van der Waals surface area contributed by atoms with E-state index in [0.29, 0.717) is 18.0 Å². The average molecular weight is 353 g/mol. The number of nitrogens with one attached hydrogen (secondary N) is 2. The van der Waals surface area contributed by atoms with Gasteiger partial charge in [-0.2, -0.15) is 0 Å². The summed E-state index contributed by atoms with van der Waals surface area (Å²) in [4.78, 5) is 11.6. The summed E-state index contributed by atoms with van der Waals surface area (Å²) >= 11 is 3.32. The van der Waals surface area contributed by atoms with Gasteiger partial charge in [0.25, 0.3) is 0 Å². The lowest BCUT2D eigenvalue weighted by atomic mass is 10.3. The van der Waals surface area contributed by atoms with Gasteiger partial charge >= 0.3 is 6.03 Å². The van der Waals surface area contributed by atoms with Crippen molar-refractivity contribution in [2.75, 3.05) is 18.5 Å². The van der Waals surface area contributed by atoms with E-state index >= 15 is 0 Å². The Morgan fingerprint density at radius 2 is 1.95 bits per heavy atom. The predicted octanol–water partition coefficient (Wildman–Crippen LogP) is 3.79. The van der Waals surface area contributed by atoms with E-state index in [4.69, 9.17) is 4.74 Å². The highest BCUT2D eigenvalue weighted by Gasteiger charge is 2.01. The number of halogens is 2. The molecule has 2 aromatic carbocycles. The topological polar surface area (TPSA) is 50.4 Å². The molecular weight excluding hydrogens is 339 g/mol. The fourth-order valence-corrected chi connectivity index (χ4v) is 1.86. The molecule has 0 radical (unpaired) electrons. The molecular formula is C15H14BrFN2O2. The van der Waals surface area contributed by atoms with Crippen molar-refractivity contribution in [1.29, 1.82) is 0 Å². The lowest BCUT2D eigenvalue weighted by Gasteiger charge is -2.09. The van der Waals surface area contributed by atoms with Crippen LogP contribution in [0.1, 0.15) is 0 Å². The summed E-state index contributed by atoms with van der Waals surface area (Å²) in [5, 5.41) is 5.34. The maximum absolute atomic E-state index is 12.9. The van der Waals surface area contributed by atoms with Gasteiger partial charge in [0.2, 0.25) is 0 Å². The molecule has 2 amide bonds. The van der Waals surface area contributed by atoms with Crippen LogP contribution in [-0.4, -0.2) is 19.2 Å². The van der Waals surface area contributed by atoms with Gasteiger partial charge in [-0.15, -0.1) is 0 Å². The minimum absolute atomic E-state index is 0.261. The van der Waals surface area contributed by atoms with Crippen LogP contribution in [0.2, 0.25) is 0 Å². The Morgan fingerprint density at radius 3 is 2.67 bits per heavy atom. The highest BCUT2D eigenvalue weighted by Crippen LogP contribution is 2.14. The van der Waals surface area contributed by atoms with Crippen LogP contribution in [0.5, 0.6) is 5.75 Å². The van der Waals surface area contributed by atoms with E-state index in [1.54, 1.807) is 24.3 Å². The number of benzene rings is 2. The highest BCUT2D eigenvalue weighted by molar-refractivity contribution is 9.10. The van der Waals surface area contributed by atoms with Gasteiger partial charge in [-0.1, -0.05) is 22.0 Å². The van der Waals surface area contributed by atoms with E-state index in [1.165, 1.54) is 12.1 Å². The van der Waals surface area contributed by atoms with Gasteiger partial charge in [0.1, 0.15) is 18.2 Å². The summed E-state index contributed by atoms with van der Waals surface area (Å²) in [5.41, 5.74) is 0.696. The molecule has 0 saturated heterocycles. The number of hydrogen-bond donors (Lipinski definition) is 2. The molecule has 0 atom stereocenters. The highest BCUT2D eigenvalue weighted by atomic mass is 79.9. The van der Waals surface area contributed by atoms with Crippen LogP contribution in [-0.2, 0) is 0 Å². The van der Waals surface area contributed by atoms with E-state index in [-0.39, 0.29) is 18.5 Å². The maximum atomic E-state index is 12.9. The van der Waals surface area contributed by atoms with Gasteiger partial charge in [0, 0.05) is 16.2 Å². The monoisotopic (exact) mass is 352 g/mol. The van der Waals surface area contributed by atoms with Crippen molar-refractivity contribution < 1.29 is 13.9 Å². The molecule has 0 fully saturated rings. The Balaban J connectivity index is 1.68. The first kappa shape index (κ1) is 15.3. The fraction of sp³-hybridized carbons (Fsp3) is 0.133. The van der Waals surface area contributed by atoms with Crippen molar-refractivity contribution in [3.63, 3.8) is 0 Å². The first-order chi connectivity index (χ1) is 10.1. The van der Waals surface area contributed by atoms with E-state index in [1.807, 2.05) is 12.1 Å². The van der Waals surface area contributed by atoms with Crippen molar-refractivity contribution in [1.82, 2.24) is 5.32 Å². The Bertz CT molecular complexity index is 605. The summed E-state index contributed by atoms with van der Waals surface area (Å²) < 4.78 is 19.2. The number of rotatable bonds is 5. The Labute approximate surface area is 130 Å². The summed E-state index contributed by atoms with van der Waals surface area (Å²) in [6.45, 7) is 0.579. The molecule has 21 heavy (non-hydrogen) atoms. The van der Waals surface area contributed by atoms with Crippen LogP contribution >= 0.6 is 15.9 Å². The number of hydrogen-bond acceptors (Lipinski definition) is 2. The van der Waals surface area contributed by atoms with Gasteiger partial charge in [-0.05, 0) is 36.4 Å². The molecule has 0 aliphatic rings. The van der Waals surface area contributed by atoms with Crippen molar-refractivity contribution in [3.8, 4) is 5.75 Å². The maximum Gasteiger partial charge on any atom is 0.319 e. The van der Waals surface area contributed by atoms with Crippen LogP contribution in [0.3, 0.4) is 0 Å². The summed E-state index contributed by atoms with van der Waals surface area (Å²) in [5.74, 6) is 0.0820. The van der Waals surface area contributed by atoms with Crippen molar-refractivity contribution in [2.24, 2.45) is 0 Å². The molecule has 2 aromatic rings. The molecule has 4 nitrogen and oxygen atoms in total. The molecule has 0 heterocycles. The minimum Gasteiger partial charge on any atom is -0.492 e. The van der Waals surface area contributed by atoms with Crippen LogP contribution in [0.25, 0.3) is 0 Å². The number of amides is 2. The normalized spacial score (nSPS) is 10.0. The number of carbonyl (C=O) groups is 1. The van der Waals surface area contributed by atoms with Gasteiger partial charge < -0.3 is 15.4 Å². The Hall–Kier alpha value is -2.08. The SMILES string of the molecule is O=C(NCCOc1cccc(F)c1)Nc1ccc(Br)cc1. The number of ether oxygens (including phenoxy) is 1. The Morgan fingerprint density at radius 1 is 1.19 bits per heavy atom. The third-order valence-corrected chi connectivity index (χ3v) is 3.08. The van der Waals surface area contributed by atoms with Gasteiger partial charge in [-0.25, -0.2) is 9.18 Å². The smallest absolute Gasteiger partial charge is 0.319 e. The first-order valence-corrected chi connectivity index (χ1v) is 7.11. The summed E-state index contributed by atoms with van der Waals surface area (Å²) in [6, 6.07) is 12.8. The van der Waals surface area contributed by atoms with Gasteiger partial charge in [0.05, 0.1) is 6.54 Å². The van der Waals surface area contributed by atoms with Crippen LogP contribution in [0, 0.1) is 5.82 Å².